The number of rotatable bonds is 3. The first-order valence-electron chi connectivity index (χ1n) is 6.57. The molecular formula is C15H11FN2O4S. The van der Waals surface area contributed by atoms with Crippen molar-refractivity contribution in [1.82, 2.24) is 4.57 Å². The van der Waals surface area contributed by atoms with Crippen molar-refractivity contribution in [1.29, 1.82) is 0 Å². The number of thiazole rings is 1. The van der Waals surface area contributed by atoms with Gasteiger partial charge in [-0.1, -0.05) is 11.3 Å². The Balaban J connectivity index is 2.16. The second kappa shape index (κ2) is 6.17. The molecule has 0 fully saturated rings. The number of fused-ring (bicyclic) bond motifs is 1. The maximum atomic E-state index is 13.4. The second-order valence-corrected chi connectivity index (χ2v) is 5.56. The summed E-state index contributed by atoms with van der Waals surface area (Å²) in [5, 5.41) is 0. The van der Waals surface area contributed by atoms with Crippen LogP contribution in [0.15, 0.2) is 46.0 Å². The zero-order chi connectivity index (χ0) is 16.4. The van der Waals surface area contributed by atoms with E-state index < -0.39 is 17.7 Å². The predicted molar refractivity (Wildman–Crippen MR) is 80.4 cm³/mol. The number of hydrogen-bond donors (Lipinski definition) is 0. The highest BCUT2D eigenvalue weighted by molar-refractivity contribution is 7.16. The Labute approximate surface area is 133 Å². The first-order valence-corrected chi connectivity index (χ1v) is 7.38. The van der Waals surface area contributed by atoms with Crippen molar-refractivity contribution < 1.29 is 23.1 Å². The molecule has 0 aliphatic carbocycles. The largest absolute Gasteiger partial charge is 0.468 e. The monoisotopic (exact) mass is 334 g/mol. The van der Waals surface area contributed by atoms with Gasteiger partial charge >= 0.3 is 11.9 Å². The van der Waals surface area contributed by atoms with E-state index in [1.54, 1.807) is 6.07 Å². The number of methoxy groups -OCH3 is 1. The van der Waals surface area contributed by atoms with E-state index in [0.29, 0.717) is 10.2 Å². The van der Waals surface area contributed by atoms with E-state index in [1.807, 2.05) is 0 Å². The minimum atomic E-state index is -0.583. The van der Waals surface area contributed by atoms with Crippen LogP contribution in [0.4, 0.5) is 4.39 Å². The van der Waals surface area contributed by atoms with Crippen molar-refractivity contribution in [3.05, 3.63) is 53.0 Å². The van der Waals surface area contributed by atoms with Gasteiger partial charge in [0, 0.05) is 0 Å². The molecule has 0 aliphatic rings. The van der Waals surface area contributed by atoms with Gasteiger partial charge in [0.25, 0.3) is 0 Å². The number of nitrogens with zero attached hydrogens (tertiary/aromatic N) is 2. The number of benzene rings is 1. The number of amides is 1. The summed E-state index contributed by atoms with van der Waals surface area (Å²) in [6.45, 7) is -0.133. The second-order valence-electron chi connectivity index (χ2n) is 4.55. The van der Waals surface area contributed by atoms with E-state index in [-0.39, 0.29) is 17.1 Å². The van der Waals surface area contributed by atoms with Gasteiger partial charge in [-0.05, 0) is 30.3 Å². The standard InChI is InChI=1S/C15H11FN2O4S/c1-21-13(19)8-18-10-5-4-9(16)7-12(10)23-15(18)17-14(20)11-3-2-6-22-11/h2-7H,8H2,1H3. The van der Waals surface area contributed by atoms with Gasteiger partial charge < -0.3 is 13.7 Å². The molecule has 0 saturated heterocycles. The van der Waals surface area contributed by atoms with Crippen LogP contribution in [0.25, 0.3) is 10.2 Å². The van der Waals surface area contributed by atoms with Crippen LogP contribution in [0.5, 0.6) is 0 Å². The molecule has 1 aromatic carbocycles. The topological polar surface area (TPSA) is 73.8 Å². The van der Waals surface area contributed by atoms with Gasteiger partial charge in [-0.2, -0.15) is 4.99 Å². The Morgan fingerprint density at radius 1 is 1.39 bits per heavy atom. The normalized spacial score (nSPS) is 11.8. The van der Waals surface area contributed by atoms with Crippen molar-refractivity contribution in [2.75, 3.05) is 7.11 Å². The number of halogens is 1. The summed E-state index contributed by atoms with van der Waals surface area (Å²) >= 11 is 1.10. The van der Waals surface area contributed by atoms with E-state index in [9.17, 15) is 14.0 Å². The van der Waals surface area contributed by atoms with E-state index in [0.717, 1.165) is 11.3 Å². The Kier molecular flexibility index (Phi) is 4.07. The van der Waals surface area contributed by atoms with Crippen molar-refractivity contribution in [2.24, 2.45) is 4.99 Å². The third-order valence-corrected chi connectivity index (χ3v) is 4.13. The van der Waals surface area contributed by atoms with E-state index in [4.69, 9.17) is 4.42 Å². The average Bonchev–Trinajstić information content (AvgIpc) is 3.16. The number of ether oxygens (including phenoxy) is 1. The molecule has 8 heteroatoms. The molecule has 3 aromatic rings. The number of carbonyl (C=O) groups is 2. The summed E-state index contributed by atoms with van der Waals surface area (Å²) in [5.41, 5.74) is 0.591. The number of furan rings is 1. The highest BCUT2D eigenvalue weighted by atomic mass is 32.1. The van der Waals surface area contributed by atoms with E-state index >= 15 is 0 Å². The van der Waals surface area contributed by atoms with E-state index in [2.05, 4.69) is 9.73 Å². The third-order valence-electron chi connectivity index (χ3n) is 3.09. The number of hydrogen-bond acceptors (Lipinski definition) is 5. The molecule has 0 atom stereocenters. The smallest absolute Gasteiger partial charge is 0.325 e. The summed E-state index contributed by atoms with van der Waals surface area (Å²) in [4.78, 5) is 27.9. The fourth-order valence-corrected chi connectivity index (χ4v) is 3.07. The minimum Gasteiger partial charge on any atom is -0.468 e. The van der Waals surface area contributed by atoms with Gasteiger partial charge in [0.2, 0.25) is 0 Å². The van der Waals surface area contributed by atoms with Gasteiger partial charge in [-0.3, -0.25) is 9.59 Å². The Bertz CT molecular complexity index is 940. The summed E-state index contributed by atoms with van der Waals surface area (Å²) in [6.07, 6.45) is 1.37. The van der Waals surface area contributed by atoms with Crippen molar-refractivity contribution in [3.63, 3.8) is 0 Å². The van der Waals surface area contributed by atoms with Crippen LogP contribution in [0.1, 0.15) is 10.6 Å². The molecule has 0 unspecified atom stereocenters. The van der Waals surface area contributed by atoms with Gasteiger partial charge in [0.05, 0.1) is 23.6 Å². The molecule has 2 heterocycles. The zero-order valence-electron chi connectivity index (χ0n) is 12.0. The van der Waals surface area contributed by atoms with Crippen LogP contribution in [0.3, 0.4) is 0 Å². The van der Waals surface area contributed by atoms with Gasteiger partial charge in [-0.25, -0.2) is 4.39 Å². The molecule has 6 nitrogen and oxygen atoms in total. The number of aromatic nitrogens is 1. The summed E-state index contributed by atoms with van der Waals surface area (Å²) in [5.74, 6) is -1.41. The zero-order valence-corrected chi connectivity index (χ0v) is 12.8. The molecule has 0 radical (unpaired) electrons. The molecule has 0 N–H and O–H groups in total. The highest BCUT2D eigenvalue weighted by Gasteiger charge is 2.13. The minimum absolute atomic E-state index is 0.0817. The molecule has 0 spiro atoms. The van der Waals surface area contributed by atoms with Crippen LogP contribution in [0.2, 0.25) is 0 Å². The Morgan fingerprint density at radius 2 is 2.22 bits per heavy atom. The lowest BCUT2D eigenvalue weighted by atomic mass is 10.3. The van der Waals surface area contributed by atoms with Crippen molar-refractivity contribution in [3.8, 4) is 0 Å². The summed E-state index contributed by atoms with van der Waals surface area (Å²) in [6, 6.07) is 7.20. The predicted octanol–water partition coefficient (Wildman–Crippen LogP) is 2.35. The van der Waals surface area contributed by atoms with E-state index in [1.165, 1.54) is 42.2 Å². The quantitative estimate of drug-likeness (QED) is 0.689. The molecule has 23 heavy (non-hydrogen) atoms. The molecule has 118 valence electrons. The van der Waals surface area contributed by atoms with Crippen LogP contribution in [0, 0.1) is 5.82 Å². The van der Waals surface area contributed by atoms with Gasteiger partial charge in [0.1, 0.15) is 12.4 Å². The number of carbonyl (C=O) groups excluding carboxylic acids is 2. The first kappa shape index (κ1) is 15.2. The highest BCUT2D eigenvalue weighted by Crippen LogP contribution is 2.19. The maximum absolute atomic E-state index is 13.4. The molecular weight excluding hydrogens is 323 g/mol. The molecule has 0 bridgehead atoms. The van der Waals surface area contributed by atoms with Crippen LogP contribution >= 0.6 is 11.3 Å². The molecule has 0 aliphatic heterocycles. The molecule has 1 amide bonds. The van der Waals surface area contributed by atoms with Crippen molar-refractivity contribution in [2.45, 2.75) is 6.54 Å². The van der Waals surface area contributed by atoms with Crippen LogP contribution < -0.4 is 4.80 Å². The third kappa shape index (κ3) is 3.07. The first-order chi connectivity index (χ1) is 11.1. The molecule has 3 rings (SSSR count). The Hall–Kier alpha value is -2.74. The van der Waals surface area contributed by atoms with Crippen LogP contribution in [-0.4, -0.2) is 23.6 Å². The summed E-state index contributed by atoms with van der Waals surface area (Å²) < 4.78 is 25.1. The lowest BCUT2D eigenvalue weighted by Crippen LogP contribution is -2.22. The van der Waals surface area contributed by atoms with Crippen molar-refractivity contribution >= 4 is 33.4 Å². The SMILES string of the molecule is COC(=O)Cn1c(=NC(=O)c2ccco2)sc2cc(F)ccc21. The number of esters is 1. The van der Waals surface area contributed by atoms with Crippen LogP contribution in [-0.2, 0) is 16.1 Å². The molecule has 0 saturated carbocycles. The Morgan fingerprint density at radius 3 is 2.91 bits per heavy atom. The lowest BCUT2D eigenvalue weighted by Gasteiger charge is -2.03. The lowest BCUT2D eigenvalue weighted by molar-refractivity contribution is -0.141. The van der Waals surface area contributed by atoms with Gasteiger partial charge in [-0.15, -0.1) is 0 Å². The fraction of sp³-hybridized carbons (Fsp3) is 0.133. The van der Waals surface area contributed by atoms with Gasteiger partial charge in [0.15, 0.2) is 10.6 Å². The molecule has 2 aromatic heterocycles. The fourth-order valence-electron chi connectivity index (χ4n) is 2.02. The maximum Gasteiger partial charge on any atom is 0.325 e. The average molecular weight is 334 g/mol. The summed E-state index contributed by atoms with van der Waals surface area (Å²) in [7, 11) is 1.27.